The molecule has 0 aromatic carbocycles. The molecule has 2 aromatic rings. The smallest absolute Gasteiger partial charge is 0.102 e. The standard InChI is InChI=1S/C14H12BrN3/c1-9-12(7-16)13(15)14(18(9)11-4-5-11)10-3-2-6-17-8-10/h2-3,6,8,11H,4-5H2,1H3. The molecule has 90 valence electrons. The van der Waals surface area contributed by atoms with Gasteiger partial charge in [0, 0.05) is 29.7 Å². The van der Waals surface area contributed by atoms with Gasteiger partial charge >= 0.3 is 0 Å². The fourth-order valence-corrected chi connectivity index (χ4v) is 3.15. The van der Waals surface area contributed by atoms with E-state index in [2.05, 4.69) is 31.6 Å². The lowest BCUT2D eigenvalue weighted by Crippen LogP contribution is -1.99. The molecule has 3 rings (SSSR count). The van der Waals surface area contributed by atoms with Crippen molar-refractivity contribution in [2.24, 2.45) is 0 Å². The molecule has 0 unspecified atom stereocenters. The van der Waals surface area contributed by atoms with E-state index >= 15 is 0 Å². The molecular formula is C14H12BrN3. The first-order valence-electron chi connectivity index (χ1n) is 5.94. The molecule has 0 N–H and O–H groups in total. The highest BCUT2D eigenvalue weighted by Crippen LogP contribution is 2.45. The summed E-state index contributed by atoms with van der Waals surface area (Å²) in [6.45, 7) is 2.02. The Morgan fingerprint density at radius 1 is 1.50 bits per heavy atom. The quantitative estimate of drug-likeness (QED) is 0.846. The van der Waals surface area contributed by atoms with E-state index < -0.39 is 0 Å². The van der Waals surface area contributed by atoms with E-state index in [0.29, 0.717) is 6.04 Å². The highest BCUT2D eigenvalue weighted by molar-refractivity contribution is 9.10. The van der Waals surface area contributed by atoms with Gasteiger partial charge in [0.25, 0.3) is 0 Å². The minimum atomic E-state index is 0.540. The van der Waals surface area contributed by atoms with Crippen LogP contribution in [-0.2, 0) is 0 Å². The predicted octanol–water partition coefficient (Wildman–Crippen LogP) is 3.83. The van der Waals surface area contributed by atoms with Crippen molar-refractivity contribution in [1.29, 1.82) is 5.26 Å². The number of hydrogen-bond donors (Lipinski definition) is 0. The zero-order valence-electron chi connectivity index (χ0n) is 10.0. The number of pyridine rings is 1. The first-order chi connectivity index (χ1) is 8.74. The highest BCUT2D eigenvalue weighted by Gasteiger charge is 2.31. The lowest BCUT2D eigenvalue weighted by Gasteiger charge is -2.10. The number of rotatable bonds is 2. The van der Waals surface area contributed by atoms with Crippen molar-refractivity contribution in [2.75, 3.05) is 0 Å². The maximum Gasteiger partial charge on any atom is 0.102 e. The third kappa shape index (κ3) is 1.67. The molecule has 0 spiro atoms. The van der Waals surface area contributed by atoms with Crippen molar-refractivity contribution < 1.29 is 0 Å². The van der Waals surface area contributed by atoms with Crippen molar-refractivity contribution in [1.82, 2.24) is 9.55 Å². The van der Waals surface area contributed by atoms with Crippen molar-refractivity contribution in [3.8, 4) is 17.3 Å². The third-order valence-corrected chi connectivity index (χ3v) is 4.12. The summed E-state index contributed by atoms with van der Waals surface area (Å²) < 4.78 is 3.17. The third-order valence-electron chi connectivity index (χ3n) is 3.35. The summed E-state index contributed by atoms with van der Waals surface area (Å²) in [5.74, 6) is 0. The van der Waals surface area contributed by atoms with E-state index in [-0.39, 0.29) is 0 Å². The average Bonchev–Trinajstić information content (AvgIpc) is 3.18. The molecule has 18 heavy (non-hydrogen) atoms. The van der Waals surface area contributed by atoms with E-state index in [1.807, 2.05) is 25.3 Å². The van der Waals surface area contributed by atoms with Crippen molar-refractivity contribution in [2.45, 2.75) is 25.8 Å². The molecule has 4 heteroatoms. The number of nitrogens with zero attached hydrogens (tertiary/aromatic N) is 3. The Hall–Kier alpha value is -1.60. The van der Waals surface area contributed by atoms with Gasteiger partial charge in [-0.1, -0.05) is 0 Å². The Morgan fingerprint density at radius 2 is 2.28 bits per heavy atom. The molecule has 1 fully saturated rings. The van der Waals surface area contributed by atoms with Gasteiger partial charge in [-0.3, -0.25) is 4.98 Å². The van der Waals surface area contributed by atoms with Crippen LogP contribution in [0.25, 0.3) is 11.3 Å². The molecular weight excluding hydrogens is 290 g/mol. The maximum atomic E-state index is 9.28. The second kappa shape index (κ2) is 4.25. The zero-order chi connectivity index (χ0) is 12.7. The normalized spacial score (nSPS) is 14.5. The fourth-order valence-electron chi connectivity index (χ4n) is 2.36. The Bertz CT molecular complexity index is 633. The van der Waals surface area contributed by atoms with Crippen LogP contribution in [0.1, 0.15) is 30.1 Å². The number of nitriles is 1. The highest BCUT2D eigenvalue weighted by atomic mass is 79.9. The molecule has 0 aliphatic heterocycles. The summed E-state index contributed by atoms with van der Waals surface area (Å²) in [6, 6.07) is 6.79. The van der Waals surface area contributed by atoms with Gasteiger partial charge in [-0.25, -0.2) is 0 Å². The second-order valence-electron chi connectivity index (χ2n) is 4.58. The van der Waals surface area contributed by atoms with Gasteiger partial charge in [-0.15, -0.1) is 0 Å². The average molecular weight is 302 g/mol. The lowest BCUT2D eigenvalue weighted by atomic mass is 10.2. The summed E-state index contributed by atoms with van der Waals surface area (Å²) in [5.41, 5.74) is 3.92. The van der Waals surface area contributed by atoms with Crippen LogP contribution in [0.5, 0.6) is 0 Å². The molecule has 3 nitrogen and oxygen atoms in total. The van der Waals surface area contributed by atoms with Crippen LogP contribution in [0.15, 0.2) is 29.0 Å². The summed E-state index contributed by atoms with van der Waals surface area (Å²) in [6.07, 6.45) is 6.00. The Balaban J connectivity index is 2.28. The van der Waals surface area contributed by atoms with Crippen LogP contribution in [0.3, 0.4) is 0 Å². The second-order valence-corrected chi connectivity index (χ2v) is 5.37. The zero-order valence-corrected chi connectivity index (χ0v) is 11.6. The summed E-state index contributed by atoms with van der Waals surface area (Å²) >= 11 is 3.57. The summed E-state index contributed by atoms with van der Waals surface area (Å²) in [4.78, 5) is 4.17. The van der Waals surface area contributed by atoms with E-state index in [0.717, 1.165) is 27.0 Å². The van der Waals surface area contributed by atoms with Crippen LogP contribution in [-0.4, -0.2) is 9.55 Å². The van der Waals surface area contributed by atoms with Gasteiger partial charge in [0.15, 0.2) is 0 Å². The van der Waals surface area contributed by atoms with Crippen LogP contribution in [0, 0.1) is 18.3 Å². The minimum absolute atomic E-state index is 0.540. The molecule has 1 aliphatic rings. The SMILES string of the molecule is Cc1c(C#N)c(Br)c(-c2cccnc2)n1C1CC1. The number of halogens is 1. The van der Waals surface area contributed by atoms with Crippen LogP contribution in [0.4, 0.5) is 0 Å². The molecule has 0 atom stereocenters. The summed E-state index contributed by atoms with van der Waals surface area (Å²) in [5, 5.41) is 9.28. The Labute approximate surface area is 114 Å². The van der Waals surface area contributed by atoms with Crippen LogP contribution < -0.4 is 0 Å². The summed E-state index contributed by atoms with van der Waals surface area (Å²) in [7, 11) is 0. The van der Waals surface area contributed by atoms with E-state index in [1.54, 1.807) is 6.20 Å². The van der Waals surface area contributed by atoms with Gasteiger partial charge in [0.2, 0.25) is 0 Å². The topological polar surface area (TPSA) is 41.6 Å². The van der Waals surface area contributed by atoms with Gasteiger partial charge in [-0.2, -0.15) is 5.26 Å². The van der Waals surface area contributed by atoms with Crippen molar-refractivity contribution >= 4 is 15.9 Å². The van der Waals surface area contributed by atoms with Gasteiger partial charge < -0.3 is 4.57 Å². The van der Waals surface area contributed by atoms with E-state index in [1.165, 1.54) is 12.8 Å². The van der Waals surface area contributed by atoms with E-state index in [9.17, 15) is 5.26 Å². The van der Waals surface area contributed by atoms with Crippen molar-refractivity contribution in [3.63, 3.8) is 0 Å². The molecule has 0 radical (unpaired) electrons. The van der Waals surface area contributed by atoms with Crippen LogP contribution in [0.2, 0.25) is 0 Å². The first-order valence-corrected chi connectivity index (χ1v) is 6.74. The first kappa shape index (κ1) is 11.5. The van der Waals surface area contributed by atoms with Gasteiger partial charge in [0.05, 0.1) is 15.7 Å². The van der Waals surface area contributed by atoms with Gasteiger partial charge in [-0.05, 0) is 47.8 Å². The molecule has 2 aromatic heterocycles. The van der Waals surface area contributed by atoms with E-state index in [4.69, 9.17) is 0 Å². The predicted molar refractivity (Wildman–Crippen MR) is 73.1 cm³/mol. The lowest BCUT2D eigenvalue weighted by molar-refractivity contribution is 0.728. The maximum absolute atomic E-state index is 9.28. The fraction of sp³-hybridized carbons (Fsp3) is 0.286. The van der Waals surface area contributed by atoms with Crippen LogP contribution >= 0.6 is 15.9 Å². The van der Waals surface area contributed by atoms with Crippen molar-refractivity contribution in [3.05, 3.63) is 40.3 Å². The molecule has 2 heterocycles. The monoisotopic (exact) mass is 301 g/mol. The molecule has 0 bridgehead atoms. The molecule has 1 aliphatic carbocycles. The number of hydrogen-bond acceptors (Lipinski definition) is 2. The molecule has 0 saturated heterocycles. The van der Waals surface area contributed by atoms with Gasteiger partial charge in [0.1, 0.15) is 6.07 Å². The molecule has 1 saturated carbocycles. The molecule has 0 amide bonds. The largest absolute Gasteiger partial charge is 0.339 e. The Kier molecular flexibility index (Phi) is 2.71. The number of aromatic nitrogens is 2. The minimum Gasteiger partial charge on any atom is -0.339 e. The Morgan fingerprint density at radius 3 is 2.83 bits per heavy atom.